The molecular weight excluding hydrogens is 158 g/mol. The van der Waals surface area contributed by atoms with Crippen LogP contribution in [0.3, 0.4) is 0 Å². The molecule has 0 aliphatic heterocycles. The molecule has 1 aromatic rings. The van der Waals surface area contributed by atoms with E-state index in [1.807, 2.05) is 6.92 Å². The van der Waals surface area contributed by atoms with Crippen LogP contribution in [0.5, 0.6) is 5.75 Å². The summed E-state index contributed by atoms with van der Waals surface area (Å²) in [5.74, 6) is -0.297. The van der Waals surface area contributed by atoms with E-state index in [0.29, 0.717) is 6.42 Å². The van der Waals surface area contributed by atoms with Crippen molar-refractivity contribution in [2.75, 3.05) is 7.11 Å². The monoisotopic (exact) mass is 169 g/mol. The van der Waals surface area contributed by atoms with Crippen LogP contribution in [0.1, 0.15) is 12.6 Å². The molecule has 1 heterocycles. The largest absolute Gasteiger partial charge is 0.503 e. The van der Waals surface area contributed by atoms with Crippen molar-refractivity contribution in [2.45, 2.75) is 13.3 Å². The summed E-state index contributed by atoms with van der Waals surface area (Å²) in [6.07, 6.45) is 1.95. The van der Waals surface area contributed by atoms with Crippen molar-refractivity contribution in [2.24, 2.45) is 0 Å². The number of rotatable bonds is 2. The summed E-state index contributed by atoms with van der Waals surface area (Å²) in [5, 5.41) is 9.04. The lowest BCUT2D eigenvalue weighted by atomic mass is 10.3. The Kier molecular flexibility index (Phi) is 2.38. The van der Waals surface area contributed by atoms with Crippen molar-refractivity contribution in [1.82, 2.24) is 4.73 Å². The predicted octanol–water partition coefficient (Wildman–Crippen LogP) is 0.175. The Morgan fingerprint density at radius 3 is 2.83 bits per heavy atom. The van der Waals surface area contributed by atoms with E-state index in [1.165, 1.54) is 24.1 Å². The summed E-state index contributed by atoms with van der Waals surface area (Å²) in [6, 6.07) is 1.36. The fourth-order valence-corrected chi connectivity index (χ4v) is 0.974. The van der Waals surface area contributed by atoms with Crippen LogP contribution in [0.25, 0.3) is 0 Å². The van der Waals surface area contributed by atoms with Gasteiger partial charge in [0.05, 0.1) is 11.9 Å². The molecule has 12 heavy (non-hydrogen) atoms. The van der Waals surface area contributed by atoms with Crippen LogP contribution >= 0.6 is 0 Å². The van der Waals surface area contributed by atoms with Gasteiger partial charge < -0.3 is 9.94 Å². The lowest BCUT2D eigenvalue weighted by Gasteiger charge is -2.09. The average molecular weight is 169 g/mol. The number of hydrogen-bond donors (Lipinski definition) is 1. The first-order valence-electron chi connectivity index (χ1n) is 3.68. The number of aryl methyl sites for hydroxylation is 1. The van der Waals surface area contributed by atoms with Gasteiger partial charge in [-0.2, -0.15) is 4.73 Å². The van der Waals surface area contributed by atoms with Gasteiger partial charge in [0.25, 0.3) is 0 Å². The number of pyridine rings is 1. The van der Waals surface area contributed by atoms with Gasteiger partial charge in [0.2, 0.25) is 5.43 Å². The van der Waals surface area contributed by atoms with Crippen molar-refractivity contribution >= 4 is 0 Å². The van der Waals surface area contributed by atoms with Gasteiger partial charge in [-0.1, -0.05) is 6.92 Å². The summed E-state index contributed by atoms with van der Waals surface area (Å²) < 4.78 is 1.37. The Hall–Kier alpha value is -1.45. The minimum absolute atomic E-state index is 0.297. The highest BCUT2D eigenvalue weighted by atomic mass is 16.6. The molecular formula is C8H11NO3. The van der Waals surface area contributed by atoms with Crippen molar-refractivity contribution < 1.29 is 9.94 Å². The molecule has 0 aliphatic rings. The highest BCUT2D eigenvalue weighted by molar-refractivity contribution is 5.19. The maximum absolute atomic E-state index is 10.9. The van der Waals surface area contributed by atoms with Crippen molar-refractivity contribution in [3.05, 3.63) is 28.2 Å². The first-order valence-corrected chi connectivity index (χ1v) is 3.68. The van der Waals surface area contributed by atoms with Gasteiger partial charge in [0, 0.05) is 6.07 Å². The van der Waals surface area contributed by atoms with Gasteiger partial charge in [0.15, 0.2) is 5.75 Å². The van der Waals surface area contributed by atoms with Gasteiger partial charge in [-0.25, -0.2) is 0 Å². The van der Waals surface area contributed by atoms with Crippen LogP contribution in [0.15, 0.2) is 17.1 Å². The highest BCUT2D eigenvalue weighted by Gasteiger charge is 2.02. The van der Waals surface area contributed by atoms with Gasteiger partial charge in [-0.15, -0.1) is 0 Å². The van der Waals surface area contributed by atoms with Crippen molar-refractivity contribution in [3.8, 4) is 5.75 Å². The zero-order chi connectivity index (χ0) is 9.14. The fraction of sp³-hybridized carbons (Fsp3) is 0.375. The van der Waals surface area contributed by atoms with Crippen LogP contribution in [0.2, 0.25) is 0 Å². The minimum atomic E-state index is -0.375. The maximum atomic E-state index is 10.9. The molecule has 0 bridgehead atoms. The van der Waals surface area contributed by atoms with Gasteiger partial charge in [-0.05, 0) is 6.42 Å². The molecule has 66 valence electrons. The summed E-state index contributed by atoms with van der Waals surface area (Å²) in [7, 11) is 1.48. The average Bonchev–Trinajstić information content (AvgIpc) is 2.09. The highest BCUT2D eigenvalue weighted by Crippen LogP contribution is 2.03. The van der Waals surface area contributed by atoms with E-state index >= 15 is 0 Å². The van der Waals surface area contributed by atoms with E-state index in [2.05, 4.69) is 0 Å². The van der Waals surface area contributed by atoms with Crippen LogP contribution in [0, 0.1) is 0 Å². The smallest absolute Gasteiger partial charge is 0.223 e. The van der Waals surface area contributed by atoms with E-state index < -0.39 is 0 Å². The number of aromatic hydroxyl groups is 1. The lowest BCUT2D eigenvalue weighted by Crippen LogP contribution is -2.15. The summed E-state index contributed by atoms with van der Waals surface area (Å²) in [6.45, 7) is 1.90. The minimum Gasteiger partial charge on any atom is -0.503 e. The predicted molar refractivity (Wildman–Crippen MR) is 44.2 cm³/mol. The molecule has 1 N–H and O–H groups in total. The van der Waals surface area contributed by atoms with Crippen LogP contribution in [-0.4, -0.2) is 16.9 Å². The van der Waals surface area contributed by atoms with Crippen LogP contribution < -0.4 is 10.3 Å². The summed E-state index contributed by atoms with van der Waals surface area (Å²) >= 11 is 0. The fourth-order valence-electron chi connectivity index (χ4n) is 0.974. The molecule has 4 nitrogen and oxygen atoms in total. The molecule has 1 aromatic heterocycles. The normalized spacial score (nSPS) is 9.83. The van der Waals surface area contributed by atoms with Gasteiger partial charge in [0.1, 0.15) is 7.11 Å². The molecule has 0 aliphatic carbocycles. The quantitative estimate of drug-likeness (QED) is 0.686. The standard InChI is InChI=1S/C8H11NO3/c1-3-6-4-7(10)8(11)5-9(6)12-2/h4-5,11H,3H2,1-2H3. The van der Waals surface area contributed by atoms with Crippen LogP contribution in [-0.2, 0) is 6.42 Å². The number of aromatic nitrogens is 1. The second kappa shape index (κ2) is 3.30. The third-order valence-electron chi connectivity index (χ3n) is 1.63. The SMILES string of the molecule is CCc1cc(=O)c(O)cn1OC. The molecule has 0 saturated heterocycles. The Labute approximate surface area is 70.0 Å². The molecule has 0 fully saturated rings. The van der Waals surface area contributed by atoms with E-state index in [9.17, 15) is 4.79 Å². The van der Waals surface area contributed by atoms with Gasteiger partial charge >= 0.3 is 0 Å². The molecule has 0 spiro atoms. The molecule has 0 saturated carbocycles. The van der Waals surface area contributed by atoms with E-state index in [4.69, 9.17) is 9.94 Å². The molecule has 0 unspecified atom stereocenters. The second-order valence-electron chi connectivity index (χ2n) is 2.38. The lowest BCUT2D eigenvalue weighted by molar-refractivity contribution is 0.154. The zero-order valence-electron chi connectivity index (χ0n) is 7.07. The Balaban J connectivity index is 3.29. The first kappa shape index (κ1) is 8.64. The number of nitrogens with zero attached hydrogens (tertiary/aromatic N) is 1. The zero-order valence-corrected chi connectivity index (χ0v) is 7.07. The van der Waals surface area contributed by atoms with E-state index in [-0.39, 0.29) is 11.2 Å². The molecule has 1 rings (SSSR count). The molecule has 0 aromatic carbocycles. The van der Waals surface area contributed by atoms with E-state index in [0.717, 1.165) is 5.69 Å². The Bertz CT molecular complexity index is 330. The second-order valence-corrected chi connectivity index (χ2v) is 2.38. The molecule has 0 amide bonds. The van der Waals surface area contributed by atoms with Crippen molar-refractivity contribution in [1.29, 1.82) is 0 Å². The molecule has 0 atom stereocenters. The number of hydrogen-bond acceptors (Lipinski definition) is 3. The van der Waals surface area contributed by atoms with Gasteiger partial charge in [-0.3, -0.25) is 4.79 Å². The first-order chi connectivity index (χ1) is 5.69. The topological polar surface area (TPSA) is 51.5 Å². The third kappa shape index (κ3) is 1.42. The summed E-state index contributed by atoms with van der Waals surface area (Å²) in [5.41, 5.74) is 0.362. The molecule has 0 radical (unpaired) electrons. The Morgan fingerprint density at radius 1 is 1.67 bits per heavy atom. The molecule has 4 heteroatoms. The summed E-state index contributed by atoms with van der Waals surface area (Å²) in [4.78, 5) is 15.8. The third-order valence-corrected chi connectivity index (χ3v) is 1.63. The van der Waals surface area contributed by atoms with Crippen LogP contribution in [0.4, 0.5) is 0 Å². The van der Waals surface area contributed by atoms with E-state index in [1.54, 1.807) is 0 Å². The Morgan fingerprint density at radius 2 is 2.33 bits per heavy atom. The maximum Gasteiger partial charge on any atom is 0.223 e. The van der Waals surface area contributed by atoms with Crippen molar-refractivity contribution in [3.63, 3.8) is 0 Å².